The molecule has 6 rings (SSSR count). The highest BCUT2D eigenvalue weighted by Gasteiger charge is 2.73. The Kier molecular flexibility index (Phi) is 9.54. The van der Waals surface area contributed by atoms with Crippen LogP contribution in [0.4, 0.5) is 8.78 Å². The summed E-state index contributed by atoms with van der Waals surface area (Å²) < 4.78 is 54.2. The average molecular weight is 731 g/mol. The van der Waals surface area contributed by atoms with E-state index >= 15 is 4.39 Å². The molecule has 3 heterocycles. The van der Waals surface area contributed by atoms with Gasteiger partial charge in [0.2, 0.25) is 0 Å². The van der Waals surface area contributed by atoms with Gasteiger partial charge in [-0.25, -0.2) is 38.2 Å². The van der Waals surface area contributed by atoms with E-state index in [4.69, 9.17) is 18.9 Å². The van der Waals surface area contributed by atoms with E-state index in [9.17, 15) is 28.7 Å². The third kappa shape index (κ3) is 6.94. The summed E-state index contributed by atoms with van der Waals surface area (Å²) in [6.45, 7) is 11.1. The second-order valence-corrected chi connectivity index (χ2v) is 15.1. The summed E-state index contributed by atoms with van der Waals surface area (Å²) in [6.07, 6.45) is 3.20. The minimum absolute atomic E-state index is 0.00560. The van der Waals surface area contributed by atoms with Crippen LogP contribution in [0.15, 0.2) is 85.0 Å². The first-order valence-corrected chi connectivity index (χ1v) is 17.0. The molecule has 3 aliphatic rings. The maximum Gasteiger partial charge on any atom is 0.420 e. The van der Waals surface area contributed by atoms with Crippen molar-refractivity contribution in [3.05, 3.63) is 124 Å². The third-order valence-electron chi connectivity index (χ3n) is 9.38. The predicted molar refractivity (Wildman–Crippen MR) is 186 cm³/mol. The van der Waals surface area contributed by atoms with E-state index in [0.29, 0.717) is 22.3 Å². The lowest BCUT2D eigenvalue weighted by molar-refractivity contribution is -0.433. The number of carbonyl (C=O) groups excluding carboxylic acids is 4. The van der Waals surface area contributed by atoms with Crippen molar-refractivity contribution < 1.29 is 52.0 Å². The van der Waals surface area contributed by atoms with Gasteiger partial charge in [-0.05, 0) is 56.8 Å². The number of phenolic OH excluding ortho intramolecular Hbond substituents is 1. The monoisotopic (exact) mass is 730 g/mol. The number of nitrogens with zero attached hydrogens (tertiary/aromatic N) is 1. The summed E-state index contributed by atoms with van der Waals surface area (Å²) in [6, 6.07) is 14.0. The predicted octanol–water partition coefficient (Wildman–Crippen LogP) is 5.66. The Labute approximate surface area is 305 Å². The molecule has 53 heavy (non-hydrogen) atoms. The molecule has 3 aromatic rings. The molecule has 11 nitrogen and oxygen atoms in total. The molecule has 1 fully saturated rings. The number of carbonyl (C=O) groups is 4. The molecule has 1 saturated heterocycles. The van der Waals surface area contributed by atoms with Crippen LogP contribution >= 0.6 is 0 Å². The number of aromatic hydroxyl groups is 1. The van der Waals surface area contributed by atoms with Crippen LogP contribution in [0, 0.1) is 11.6 Å². The molecule has 2 N–H and O–H groups in total. The number of benzene rings is 3. The van der Waals surface area contributed by atoms with Gasteiger partial charge >= 0.3 is 35.7 Å². The summed E-state index contributed by atoms with van der Waals surface area (Å²) >= 11 is 0. The Hall–Kier alpha value is -5.40. The van der Waals surface area contributed by atoms with E-state index in [2.05, 4.69) is 5.32 Å². The van der Waals surface area contributed by atoms with Gasteiger partial charge in [-0.3, -0.25) is 0 Å². The van der Waals surface area contributed by atoms with Crippen molar-refractivity contribution in [1.82, 2.24) is 10.2 Å². The van der Waals surface area contributed by atoms with Crippen molar-refractivity contribution in [3.63, 3.8) is 0 Å². The van der Waals surface area contributed by atoms with Crippen LogP contribution in [0.25, 0.3) is 0 Å². The molecule has 2 spiro atoms. The Bertz CT molecular complexity index is 1960. The zero-order valence-electron chi connectivity index (χ0n) is 30.1. The van der Waals surface area contributed by atoms with E-state index in [-0.39, 0.29) is 24.4 Å². The first-order valence-electron chi connectivity index (χ1n) is 17.0. The van der Waals surface area contributed by atoms with E-state index in [0.717, 1.165) is 36.4 Å². The number of halogens is 2. The van der Waals surface area contributed by atoms with Gasteiger partial charge in [-0.2, -0.15) is 0 Å². The number of ether oxygens (including phenoxy) is 4. The average Bonchev–Trinajstić information content (AvgIpc) is 3.32. The van der Waals surface area contributed by atoms with Gasteiger partial charge in [0, 0.05) is 49.4 Å². The van der Waals surface area contributed by atoms with Gasteiger partial charge in [-0.15, -0.1) is 0 Å². The molecule has 278 valence electrons. The lowest BCUT2D eigenvalue weighted by Crippen LogP contribution is -2.80. The molecule has 0 amide bonds. The first kappa shape index (κ1) is 37.4. The molecule has 0 saturated carbocycles. The third-order valence-corrected chi connectivity index (χ3v) is 9.38. The van der Waals surface area contributed by atoms with Crippen molar-refractivity contribution in [1.29, 1.82) is 0 Å². The number of nitrogens with one attached hydrogen (secondary N) is 1. The fourth-order valence-corrected chi connectivity index (χ4v) is 7.04. The van der Waals surface area contributed by atoms with Gasteiger partial charge < -0.3 is 24.1 Å². The quantitative estimate of drug-likeness (QED) is 0.314. The van der Waals surface area contributed by atoms with Crippen LogP contribution in [0.5, 0.6) is 5.75 Å². The van der Waals surface area contributed by atoms with Gasteiger partial charge in [0.15, 0.2) is 0 Å². The standard InChI is InChI=1S/C40H40F2N2O9/c1-37(2,3)27-20-24(21-28(36(27)49)38(4,5)6)35(34(23-10-8-7-9-11-23)26-13-12-25(41)22-29(26)42)44-19-18-43-39(50-30(45)14-15-31(46)51-39)40(44)52-32(47)16-17-33(48)53-40/h7-17,20-22,34-35,43,49H,18-19H2,1-6H3. The molecule has 3 aromatic carbocycles. The lowest BCUT2D eigenvalue weighted by Gasteiger charge is -2.55. The highest BCUT2D eigenvalue weighted by atomic mass is 19.1. The molecule has 3 aliphatic heterocycles. The van der Waals surface area contributed by atoms with Crippen LogP contribution in [0.1, 0.15) is 81.3 Å². The van der Waals surface area contributed by atoms with Crippen LogP contribution < -0.4 is 5.32 Å². The van der Waals surface area contributed by atoms with Crippen LogP contribution in [-0.2, 0) is 49.0 Å². The van der Waals surface area contributed by atoms with E-state index in [1.807, 2.05) is 41.5 Å². The van der Waals surface area contributed by atoms with Crippen LogP contribution in [0.3, 0.4) is 0 Å². The van der Waals surface area contributed by atoms with Crippen molar-refractivity contribution in [2.75, 3.05) is 13.1 Å². The molecular formula is C40H40F2N2O9. The maximum absolute atomic E-state index is 16.3. The molecule has 2 atom stereocenters. The van der Waals surface area contributed by atoms with E-state index in [1.54, 1.807) is 42.5 Å². The minimum Gasteiger partial charge on any atom is -0.507 e. The van der Waals surface area contributed by atoms with Gasteiger partial charge in [0.1, 0.15) is 17.4 Å². The summed E-state index contributed by atoms with van der Waals surface area (Å²) in [5, 5.41) is 14.6. The zero-order chi connectivity index (χ0) is 38.5. The van der Waals surface area contributed by atoms with Crippen molar-refractivity contribution in [2.24, 2.45) is 0 Å². The van der Waals surface area contributed by atoms with Gasteiger partial charge in [0.05, 0.1) is 6.04 Å². The van der Waals surface area contributed by atoms with E-state index in [1.165, 1.54) is 11.0 Å². The molecule has 0 radical (unpaired) electrons. The van der Waals surface area contributed by atoms with Gasteiger partial charge in [-0.1, -0.05) is 77.9 Å². The highest BCUT2D eigenvalue weighted by molar-refractivity contribution is 5.95. The summed E-state index contributed by atoms with van der Waals surface area (Å²) in [5.74, 6) is -13.0. The largest absolute Gasteiger partial charge is 0.507 e. The topological polar surface area (TPSA) is 141 Å². The summed E-state index contributed by atoms with van der Waals surface area (Å²) in [7, 11) is 0. The molecule has 0 bridgehead atoms. The molecule has 0 aliphatic carbocycles. The van der Waals surface area contributed by atoms with E-state index < -0.39 is 70.1 Å². The molecule has 13 heteroatoms. The summed E-state index contributed by atoms with van der Waals surface area (Å²) in [5.41, 5.74) is 0.564. The lowest BCUT2D eigenvalue weighted by atomic mass is 9.74. The van der Waals surface area contributed by atoms with Crippen LogP contribution in [0.2, 0.25) is 0 Å². The smallest absolute Gasteiger partial charge is 0.420 e. The minimum atomic E-state index is -2.91. The number of hydrogen-bond donors (Lipinski definition) is 2. The second kappa shape index (κ2) is 13.5. The fourth-order valence-electron chi connectivity index (χ4n) is 7.04. The molecular weight excluding hydrogens is 690 g/mol. The normalized spacial score (nSPS) is 19.8. The highest BCUT2D eigenvalue weighted by Crippen LogP contribution is 2.52. The molecule has 2 unspecified atom stereocenters. The number of esters is 4. The Morgan fingerprint density at radius 2 is 1.23 bits per heavy atom. The van der Waals surface area contributed by atoms with Crippen molar-refractivity contribution in [2.45, 2.75) is 76.2 Å². The Balaban J connectivity index is 1.77. The number of phenols is 1. The Morgan fingerprint density at radius 3 is 1.72 bits per heavy atom. The number of rotatable bonds is 5. The molecule has 0 aromatic heterocycles. The maximum atomic E-state index is 16.3. The van der Waals surface area contributed by atoms with Gasteiger partial charge in [0.25, 0.3) is 0 Å². The number of hydrogen-bond acceptors (Lipinski definition) is 11. The zero-order valence-corrected chi connectivity index (χ0v) is 30.1. The fraction of sp³-hybridized carbons (Fsp3) is 0.350. The van der Waals surface area contributed by atoms with Crippen molar-refractivity contribution in [3.8, 4) is 5.75 Å². The van der Waals surface area contributed by atoms with Crippen LogP contribution in [-0.4, -0.2) is 58.8 Å². The summed E-state index contributed by atoms with van der Waals surface area (Å²) in [4.78, 5) is 54.5. The number of piperazine rings is 1. The van der Waals surface area contributed by atoms with Crippen molar-refractivity contribution >= 4 is 23.9 Å². The SMILES string of the molecule is CC(C)(C)c1cc(C(C(c2ccccc2)c2ccc(F)cc2F)N2CCNC3(OC(=O)C=CC(=O)O3)C23OC(=O)C=CC(=O)O3)cc(C(C)(C)C)c1O. The first-order chi connectivity index (χ1) is 24.8. The second-order valence-electron chi connectivity index (χ2n) is 15.1. The Morgan fingerprint density at radius 1 is 0.717 bits per heavy atom. The number of fused-ring (bicyclic) bond motifs is 1.